The summed E-state index contributed by atoms with van der Waals surface area (Å²) < 4.78 is 34.9. The zero-order valence-electron chi connectivity index (χ0n) is 38.5. The number of quaternary nitrogens is 1. The number of anilines is 3. The number of aliphatic hydroxyl groups excluding tert-OH is 2. The molecule has 0 aliphatic carbocycles. The normalized spacial score (nSPS) is 12.0. The standard InChI is InChI=1S/C25H22N4O4S4.C25H20N4O3S3.H3N/c30-13-17-4-1-2-5-19(17)21-14-36-25(28-21)27-20(22-15-35-24(26-22)23-6-3-11-34-23)12-16-7-9-18(10-8-16)29-37(31,32)33;30-13-17-4-1-2-5-19(17)21-14-35-25(28-21)27-20(12-16-7-9-18(10-8-16)29(31)32)22-15-34-24(26-22)23-6-3-11-33-23;/h1-11,14-15,20,29-30H,12-13H2,(H,27,28)(H,31,32,33);1-11,14-15,20,30H,12-13H2,(H,27,28);1H3/t2*20-;/m00./s1. The smallest absolute Gasteiger partial charge is 0.269 e. The van der Waals surface area contributed by atoms with Gasteiger partial charge in [-0.05, 0) is 70.1 Å². The summed E-state index contributed by atoms with van der Waals surface area (Å²) in [6.45, 7) is -0.120. The van der Waals surface area contributed by atoms with Crippen LogP contribution in [0, 0.1) is 10.1 Å². The van der Waals surface area contributed by atoms with E-state index in [2.05, 4.69) is 16.7 Å². The number of rotatable bonds is 19. The molecule has 0 amide bonds. The number of non-ortho nitro benzene ring substituents is 1. The minimum Gasteiger partial charge on any atom is -0.731 e. The Kier molecular flexibility index (Phi) is 17.6. The highest BCUT2D eigenvalue weighted by Gasteiger charge is 2.22. The Morgan fingerprint density at radius 1 is 0.562 bits per heavy atom. The van der Waals surface area contributed by atoms with Crippen molar-refractivity contribution in [2.24, 2.45) is 0 Å². The van der Waals surface area contributed by atoms with Crippen molar-refractivity contribution in [3.63, 3.8) is 0 Å². The lowest BCUT2D eigenvalue weighted by molar-refractivity contribution is -0.384. The Bertz CT molecular complexity index is 3470. The third-order valence-corrected chi connectivity index (χ3v) is 16.8. The van der Waals surface area contributed by atoms with E-state index in [1.807, 2.05) is 104 Å². The van der Waals surface area contributed by atoms with Crippen LogP contribution in [0.1, 0.15) is 45.7 Å². The number of aromatic nitrogens is 4. The summed E-state index contributed by atoms with van der Waals surface area (Å²) >= 11 is 9.42. The zero-order valence-corrected chi connectivity index (χ0v) is 44.2. The minimum absolute atomic E-state index is 0. The average molecular weight is 1110 g/mol. The van der Waals surface area contributed by atoms with Gasteiger partial charge < -0.3 is 31.5 Å². The molecule has 374 valence electrons. The summed E-state index contributed by atoms with van der Waals surface area (Å²) in [5, 5.41) is 52.9. The third kappa shape index (κ3) is 13.7. The molecule has 73 heavy (non-hydrogen) atoms. The molecule has 16 nitrogen and oxygen atoms in total. The average Bonchev–Trinajstić information content (AvgIpc) is 4.25. The van der Waals surface area contributed by atoms with E-state index in [9.17, 15) is 33.3 Å². The molecule has 0 aliphatic heterocycles. The van der Waals surface area contributed by atoms with Gasteiger partial charge in [-0.2, -0.15) is 0 Å². The van der Waals surface area contributed by atoms with Crippen LogP contribution < -0.4 is 21.5 Å². The molecule has 0 spiro atoms. The Morgan fingerprint density at radius 3 is 1.42 bits per heavy atom. The van der Waals surface area contributed by atoms with Gasteiger partial charge in [0.2, 0.25) is 0 Å². The molecule has 0 fully saturated rings. The number of thiazole rings is 4. The SMILES string of the molecule is O=S(=O)([O-])Nc1ccc(C[C@H](Nc2nc(-c3ccccc3CO)cs2)c2csc(-c3cccs3)n2)cc1.O=[N+]([O-])c1ccc(C[C@H](Nc2nc(-c3ccccc3CO)cs2)c2csc(-c3cccs3)n2)cc1.[NH4+]. The monoisotopic (exact) mass is 1110 g/mol. The van der Waals surface area contributed by atoms with Gasteiger partial charge in [0.1, 0.15) is 10.0 Å². The van der Waals surface area contributed by atoms with Crippen LogP contribution in [0.2, 0.25) is 0 Å². The molecule has 0 saturated carbocycles. The van der Waals surface area contributed by atoms with Gasteiger partial charge >= 0.3 is 0 Å². The Hall–Kier alpha value is -6.61. The van der Waals surface area contributed by atoms with E-state index in [1.165, 1.54) is 34.8 Å². The van der Waals surface area contributed by atoms with Crippen LogP contribution in [-0.4, -0.2) is 48.0 Å². The fraction of sp³-hybridized carbons (Fsp3) is 0.120. The molecular formula is C50H45N9O7S7. The highest BCUT2D eigenvalue weighted by molar-refractivity contribution is 7.87. The van der Waals surface area contributed by atoms with E-state index in [-0.39, 0.29) is 42.8 Å². The van der Waals surface area contributed by atoms with E-state index in [4.69, 9.17) is 19.9 Å². The van der Waals surface area contributed by atoms with Gasteiger partial charge in [0.05, 0.1) is 62.8 Å². The second kappa shape index (κ2) is 24.4. The van der Waals surface area contributed by atoms with Crippen molar-refractivity contribution in [2.45, 2.75) is 38.1 Å². The molecule has 0 radical (unpaired) electrons. The topological polar surface area (TPSA) is 265 Å². The molecule has 0 saturated heterocycles. The van der Waals surface area contributed by atoms with Gasteiger partial charge in [0.15, 0.2) is 20.6 Å². The van der Waals surface area contributed by atoms with Crippen molar-refractivity contribution in [1.29, 1.82) is 0 Å². The second-order valence-corrected chi connectivity index (χ2v) is 22.2. The van der Waals surface area contributed by atoms with Gasteiger partial charge in [0.25, 0.3) is 5.69 Å². The van der Waals surface area contributed by atoms with Crippen LogP contribution in [0.25, 0.3) is 42.3 Å². The summed E-state index contributed by atoms with van der Waals surface area (Å²) in [5.74, 6) is 0. The van der Waals surface area contributed by atoms with E-state index < -0.39 is 15.2 Å². The van der Waals surface area contributed by atoms with Crippen molar-refractivity contribution in [1.82, 2.24) is 26.1 Å². The summed E-state index contributed by atoms with van der Waals surface area (Å²) in [4.78, 5) is 32.2. The summed E-state index contributed by atoms with van der Waals surface area (Å²) in [7, 11) is -4.58. The van der Waals surface area contributed by atoms with Crippen LogP contribution in [0.15, 0.2) is 154 Å². The molecule has 6 aromatic heterocycles. The molecule has 10 aromatic rings. The third-order valence-electron chi connectivity index (χ3n) is 11.0. The Balaban J connectivity index is 0.000000192. The first-order chi connectivity index (χ1) is 35.0. The molecule has 10 rings (SSSR count). The molecular weight excluding hydrogens is 1060 g/mol. The number of benzene rings is 4. The van der Waals surface area contributed by atoms with Crippen LogP contribution in [0.4, 0.5) is 21.6 Å². The maximum absolute atomic E-state index is 11.0. The van der Waals surface area contributed by atoms with Gasteiger partial charge in [-0.3, -0.25) is 14.8 Å². The molecule has 0 bridgehead atoms. The van der Waals surface area contributed by atoms with E-state index in [0.717, 1.165) is 81.1 Å². The number of nitrogens with one attached hydrogen (secondary N) is 3. The predicted octanol–water partition coefficient (Wildman–Crippen LogP) is 12.9. The van der Waals surface area contributed by atoms with Crippen molar-refractivity contribution < 1.29 is 28.1 Å². The molecule has 4 aromatic carbocycles. The summed E-state index contributed by atoms with van der Waals surface area (Å²) in [6, 6.07) is 36.3. The summed E-state index contributed by atoms with van der Waals surface area (Å²) in [6.07, 6.45) is 1.15. The fourth-order valence-corrected chi connectivity index (χ4v) is 12.8. The number of nitro benzene ring substituents is 1. The molecule has 9 N–H and O–H groups in total. The lowest BCUT2D eigenvalue weighted by Gasteiger charge is -2.17. The van der Waals surface area contributed by atoms with Gasteiger partial charge in [0, 0.05) is 50.5 Å². The number of aliphatic hydroxyl groups is 2. The maximum Gasteiger partial charge on any atom is 0.269 e. The Labute approximate surface area is 444 Å². The fourth-order valence-electron chi connectivity index (χ4n) is 7.50. The lowest BCUT2D eigenvalue weighted by Crippen LogP contribution is -2.14. The number of hydrogen-bond acceptors (Lipinski definition) is 19. The largest absolute Gasteiger partial charge is 0.731 e. The highest BCUT2D eigenvalue weighted by Crippen LogP contribution is 2.37. The molecule has 0 aliphatic rings. The first-order valence-corrected chi connectivity index (χ1v) is 28.5. The highest BCUT2D eigenvalue weighted by atomic mass is 32.2. The maximum atomic E-state index is 11.0. The molecule has 6 heterocycles. The van der Waals surface area contributed by atoms with E-state index >= 15 is 0 Å². The molecule has 2 atom stereocenters. The van der Waals surface area contributed by atoms with E-state index in [1.54, 1.807) is 81.7 Å². The molecule has 23 heteroatoms. The predicted molar refractivity (Wildman–Crippen MR) is 297 cm³/mol. The zero-order chi connectivity index (χ0) is 50.0. The number of nitro groups is 1. The van der Waals surface area contributed by atoms with Gasteiger partial charge in [-0.15, -0.1) is 68.0 Å². The lowest BCUT2D eigenvalue weighted by atomic mass is 10.0. The van der Waals surface area contributed by atoms with Crippen molar-refractivity contribution in [2.75, 3.05) is 15.4 Å². The molecule has 0 unspecified atom stereocenters. The number of thiophene rings is 2. The minimum atomic E-state index is -4.58. The number of nitrogens with zero attached hydrogens (tertiary/aromatic N) is 5. The van der Waals surface area contributed by atoms with Crippen molar-refractivity contribution in [3.8, 4) is 42.3 Å². The van der Waals surface area contributed by atoms with Crippen molar-refractivity contribution in [3.05, 3.63) is 197 Å². The van der Waals surface area contributed by atoms with Crippen LogP contribution >= 0.6 is 68.0 Å². The van der Waals surface area contributed by atoms with Crippen LogP contribution in [-0.2, 0) is 36.4 Å². The van der Waals surface area contributed by atoms with Crippen LogP contribution in [0.5, 0.6) is 0 Å². The first kappa shape index (κ1) is 52.7. The second-order valence-electron chi connectivity index (χ2n) is 15.8. The van der Waals surface area contributed by atoms with Gasteiger partial charge in [-0.25, -0.2) is 28.4 Å². The quantitative estimate of drug-likeness (QED) is 0.0250. The van der Waals surface area contributed by atoms with Crippen molar-refractivity contribution >= 4 is 100.0 Å². The Morgan fingerprint density at radius 2 is 1.01 bits per heavy atom. The van der Waals surface area contributed by atoms with E-state index in [0.29, 0.717) is 18.0 Å². The summed E-state index contributed by atoms with van der Waals surface area (Å²) in [5.41, 5.74) is 8.93. The number of hydrogen-bond donors (Lipinski definition) is 6. The first-order valence-electron chi connectivity index (χ1n) is 21.9. The van der Waals surface area contributed by atoms with Gasteiger partial charge in [-0.1, -0.05) is 84.9 Å². The van der Waals surface area contributed by atoms with Crippen LogP contribution in [0.3, 0.4) is 0 Å².